The lowest BCUT2D eigenvalue weighted by atomic mass is 10.0. The van der Waals surface area contributed by atoms with E-state index in [1.54, 1.807) is 0 Å². The monoisotopic (exact) mass is 257 g/mol. The lowest BCUT2D eigenvalue weighted by Gasteiger charge is -2.09. The first-order valence-corrected chi connectivity index (χ1v) is 6.69. The summed E-state index contributed by atoms with van der Waals surface area (Å²) in [5, 5.41) is 3.40. The molecule has 0 radical (unpaired) electrons. The molecule has 0 aliphatic carbocycles. The van der Waals surface area contributed by atoms with Gasteiger partial charge in [0, 0.05) is 12.6 Å². The predicted octanol–water partition coefficient (Wildman–Crippen LogP) is 3.91. The van der Waals surface area contributed by atoms with Gasteiger partial charge in [0.1, 0.15) is 5.82 Å². The molecule has 2 aromatic carbocycles. The molecule has 0 aromatic heterocycles. The van der Waals surface area contributed by atoms with Crippen molar-refractivity contribution in [3.63, 3.8) is 0 Å². The molecule has 0 saturated carbocycles. The first kappa shape index (κ1) is 13.8. The van der Waals surface area contributed by atoms with Crippen LogP contribution >= 0.6 is 0 Å². The van der Waals surface area contributed by atoms with E-state index in [2.05, 4.69) is 43.4 Å². The molecular weight excluding hydrogens is 237 g/mol. The largest absolute Gasteiger partial charge is 0.310 e. The van der Waals surface area contributed by atoms with Gasteiger partial charge in [0.25, 0.3) is 0 Å². The number of halogens is 1. The van der Waals surface area contributed by atoms with Gasteiger partial charge in [-0.2, -0.15) is 0 Å². The molecule has 2 heteroatoms. The third kappa shape index (κ3) is 4.49. The second kappa shape index (κ2) is 6.48. The van der Waals surface area contributed by atoms with E-state index in [4.69, 9.17) is 0 Å². The molecule has 0 amide bonds. The van der Waals surface area contributed by atoms with Crippen LogP contribution in [0.15, 0.2) is 48.5 Å². The summed E-state index contributed by atoms with van der Waals surface area (Å²) in [4.78, 5) is 0. The fourth-order valence-corrected chi connectivity index (χ4v) is 1.93. The highest BCUT2D eigenvalue weighted by atomic mass is 19.1. The van der Waals surface area contributed by atoms with Crippen molar-refractivity contribution in [2.75, 3.05) is 0 Å². The molecule has 0 fully saturated rings. The minimum Gasteiger partial charge on any atom is -0.310 e. The van der Waals surface area contributed by atoms with Crippen molar-refractivity contribution in [2.24, 2.45) is 0 Å². The molecule has 2 rings (SSSR count). The molecule has 0 atom stereocenters. The van der Waals surface area contributed by atoms with Gasteiger partial charge in [-0.05, 0) is 35.2 Å². The molecule has 0 spiro atoms. The van der Waals surface area contributed by atoms with Crippen molar-refractivity contribution >= 4 is 0 Å². The van der Waals surface area contributed by atoms with Crippen LogP contribution in [0.3, 0.4) is 0 Å². The van der Waals surface area contributed by atoms with E-state index in [-0.39, 0.29) is 5.82 Å². The standard InChI is InChI=1S/C17H20FN/c1-13(2)19-12-16-5-3-14(4-6-16)11-15-7-9-17(18)10-8-15/h3-10,13,19H,11-12H2,1-2H3. The smallest absolute Gasteiger partial charge is 0.123 e. The first-order valence-electron chi connectivity index (χ1n) is 6.69. The summed E-state index contributed by atoms with van der Waals surface area (Å²) >= 11 is 0. The SMILES string of the molecule is CC(C)NCc1ccc(Cc2ccc(F)cc2)cc1. The maximum atomic E-state index is 12.8. The lowest BCUT2D eigenvalue weighted by Crippen LogP contribution is -2.21. The van der Waals surface area contributed by atoms with Crippen molar-refractivity contribution in [1.82, 2.24) is 5.32 Å². The fourth-order valence-electron chi connectivity index (χ4n) is 1.93. The quantitative estimate of drug-likeness (QED) is 0.856. The van der Waals surface area contributed by atoms with Crippen LogP contribution in [0, 0.1) is 5.82 Å². The molecular formula is C17H20FN. The average molecular weight is 257 g/mol. The van der Waals surface area contributed by atoms with Gasteiger partial charge in [0.2, 0.25) is 0 Å². The van der Waals surface area contributed by atoms with Crippen LogP contribution in [0.25, 0.3) is 0 Å². The summed E-state index contributed by atoms with van der Waals surface area (Å²) in [7, 11) is 0. The van der Waals surface area contributed by atoms with Gasteiger partial charge < -0.3 is 5.32 Å². The molecule has 0 aliphatic heterocycles. The molecule has 1 N–H and O–H groups in total. The Balaban J connectivity index is 1.96. The first-order chi connectivity index (χ1) is 9.13. The Bertz CT molecular complexity index is 500. The van der Waals surface area contributed by atoms with Gasteiger partial charge in [-0.3, -0.25) is 0 Å². The Hall–Kier alpha value is -1.67. The molecule has 100 valence electrons. The van der Waals surface area contributed by atoms with Gasteiger partial charge in [-0.25, -0.2) is 4.39 Å². The van der Waals surface area contributed by atoms with Crippen molar-refractivity contribution in [2.45, 2.75) is 32.9 Å². The highest BCUT2D eigenvalue weighted by Gasteiger charge is 1.99. The molecule has 0 aliphatic rings. The zero-order valence-electron chi connectivity index (χ0n) is 11.5. The predicted molar refractivity (Wildman–Crippen MR) is 77.6 cm³/mol. The molecule has 0 saturated heterocycles. The van der Waals surface area contributed by atoms with Crippen LogP contribution in [-0.4, -0.2) is 6.04 Å². The maximum Gasteiger partial charge on any atom is 0.123 e. The van der Waals surface area contributed by atoms with E-state index >= 15 is 0 Å². The summed E-state index contributed by atoms with van der Waals surface area (Å²) < 4.78 is 12.8. The Morgan fingerprint density at radius 3 is 1.84 bits per heavy atom. The zero-order chi connectivity index (χ0) is 13.7. The molecule has 19 heavy (non-hydrogen) atoms. The van der Waals surface area contributed by atoms with Crippen LogP contribution < -0.4 is 5.32 Å². The van der Waals surface area contributed by atoms with E-state index in [0.717, 1.165) is 18.5 Å². The second-order valence-corrected chi connectivity index (χ2v) is 5.16. The van der Waals surface area contributed by atoms with Crippen molar-refractivity contribution in [3.05, 3.63) is 71.0 Å². The van der Waals surface area contributed by atoms with Gasteiger partial charge in [0.15, 0.2) is 0 Å². The van der Waals surface area contributed by atoms with Crippen molar-refractivity contribution < 1.29 is 4.39 Å². The van der Waals surface area contributed by atoms with E-state index in [9.17, 15) is 4.39 Å². The van der Waals surface area contributed by atoms with Crippen molar-refractivity contribution in [1.29, 1.82) is 0 Å². The molecule has 2 aromatic rings. The minimum atomic E-state index is -0.182. The van der Waals surface area contributed by atoms with Gasteiger partial charge in [-0.1, -0.05) is 50.2 Å². The zero-order valence-corrected chi connectivity index (χ0v) is 11.5. The highest BCUT2D eigenvalue weighted by molar-refractivity contribution is 5.28. The number of rotatable bonds is 5. The summed E-state index contributed by atoms with van der Waals surface area (Å²) in [6.45, 7) is 5.18. The normalized spacial score (nSPS) is 10.9. The Morgan fingerprint density at radius 2 is 1.32 bits per heavy atom. The van der Waals surface area contributed by atoms with Crippen LogP contribution in [0.5, 0.6) is 0 Å². The number of hydrogen-bond acceptors (Lipinski definition) is 1. The Kier molecular flexibility index (Phi) is 4.69. The van der Waals surface area contributed by atoms with E-state index < -0.39 is 0 Å². The summed E-state index contributed by atoms with van der Waals surface area (Å²) in [6, 6.07) is 15.8. The van der Waals surface area contributed by atoms with Crippen LogP contribution in [0.4, 0.5) is 4.39 Å². The van der Waals surface area contributed by atoms with Gasteiger partial charge in [-0.15, -0.1) is 0 Å². The third-order valence-corrected chi connectivity index (χ3v) is 3.06. The van der Waals surface area contributed by atoms with Gasteiger partial charge >= 0.3 is 0 Å². The van der Waals surface area contributed by atoms with E-state index in [0.29, 0.717) is 6.04 Å². The summed E-state index contributed by atoms with van der Waals surface area (Å²) in [5.41, 5.74) is 3.67. The number of hydrogen-bond donors (Lipinski definition) is 1. The topological polar surface area (TPSA) is 12.0 Å². The van der Waals surface area contributed by atoms with Crippen molar-refractivity contribution in [3.8, 4) is 0 Å². The molecule has 0 unspecified atom stereocenters. The molecule has 0 heterocycles. The van der Waals surface area contributed by atoms with Crippen LogP contribution in [-0.2, 0) is 13.0 Å². The van der Waals surface area contributed by atoms with Crippen LogP contribution in [0.2, 0.25) is 0 Å². The molecule has 0 bridgehead atoms. The molecule has 1 nitrogen and oxygen atoms in total. The lowest BCUT2D eigenvalue weighted by molar-refractivity contribution is 0.589. The number of nitrogens with one attached hydrogen (secondary N) is 1. The Labute approximate surface area is 114 Å². The van der Waals surface area contributed by atoms with Crippen LogP contribution in [0.1, 0.15) is 30.5 Å². The van der Waals surface area contributed by atoms with E-state index in [1.807, 2.05) is 12.1 Å². The summed E-state index contributed by atoms with van der Waals surface area (Å²) in [5.74, 6) is -0.182. The van der Waals surface area contributed by atoms with E-state index in [1.165, 1.54) is 23.3 Å². The Morgan fingerprint density at radius 1 is 0.842 bits per heavy atom. The minimum absolute atomic E-state index is 0.182. The average Bonchev–Trinajstić information content (AvgIpc) is 2.40. The number of benzene rings is 2. The van der Waals surface area contributed by atoms with Gasteiger partial charge in [0.05, 0.1) is 0 Å². The maximum absolute atomic E-state index is 12.8. The second-order valence-electron chi connectivity index (χ2n) is 5.16. The summed E-state index contributed by atoms with van der Waals surface area (Å²) in [6.07, 6.45) is 0.845. The third-order valence-electron chi connectivity index (χ3n) is 3.06. The highest BCUT2D eigenvalue weighted by Crippen LogP contribution is 2.11. The fraction of sp³-hybridized carbons (Fsp3) is 0.294.